The Morgan fingerprint density at radius 3 is 2.69 bits per heavy atom. The summed E-state index contributed by atoms with van der Waals surface area (Å²) in [5, 5.41) is 20.4. The third-order valence-corrected chi connectivity index (χ3v) is 5.61. The number of benzene rings is 2. The SMILES string of the molecule is Nc1nc(-c2ccccc2)c(-c2cc(Cl)c3[nH]ncc3c2)nc1NC(=O)CN1CC(O)C1. The zero-order chi connectivity index (χ0) is 22.2. The number of carbonyl (C=O) groups excluding carboxylic acids is 1. The van der Waals surface area contributed by atoms with Gasteiger partial charge >= 0.3 is 0 Å². The van der Waals surface area contributed by atoms with E-state index in [1.54, 1.807) is 12.3 Å². The van der Waals surface area contributed by atoms with Crippen molar-refractivity contribution in [3.05, 3.63) is 53.7 Å². The molecule has 10 heteroatoms. The van der Waals surface area contributed by atoms with Crippen LogP contribution in [0.4, 0.5) is 11.6 Å². The Labute approximate surface area is 188 Å². The van der Waals surface area contributed by atoms with Crippen LogP contribution in [-0.4, -0.2) is 61.8 Å². The first-order valence-electron chi connectivity index (χ1n) is 10.0. The number of aliphatic hydroxyl groups excluding tert-OH is 1. The van der Waals surface area contributed by atoms with Gasteiger partial charge in [0.15, 0.2) is 11.6 Å². The van der Waals surface area contributed by atoms with Gasteiger partial charge in [-0.25, -0.2) is 9.97 Å². The monoisotopic (exact) mass is 449 g/mol. The van der Waals surface area contributed by atoms with Crippen LogP contribution in [-0.2, 0) is 4.79 Å². The van der Waals surface area contributed by atoms with Crippen LogP contribution < -0.4 is 11.1 Å². The van der Waals surface area contributed by atoms with Gasteiger partial charge < -0.3 is 16.2 Å². The van der Waals surface area contributed by atoms with Crippen molar-refractivity contribution < 1.29 is 9.90 Å². The van der Waals surface area contributed by atoms with E-state index in [9.17, 15) is 9.90 Å². The van der Waals surface area contributed by atoms with Crippen molar-refractivity contribution in [1.29, 1.82) is 0 Å². The maximum Gasteiger partial charge on any atom is 0.239 e. The van der Waals surface area contributed by atoms with Crippen LogP contribution in [0.15, 0.2) is 48.7 Å². The summed E-state index contributed by atoms with van der Waals surface area (Å²) < 4.78 is 0. The molecule has 4 aromatic rings. The molecule has 5 rings (SSSR count). The van der Waals surface area contributed by atoms with Gasteiger partial charge in [0.05, 0.1) is 40.8 Å². The summed E-state index contributed by atoms with van der Waals surface area (Å²) in [6, 6.07) is 13.2. The first-order valence-corrected chi connectivity index (χ1v) is 10.4. The number of amides is 1. The Bertz CT molecular complexity index is 1300. The fourth-order valence-corrected chi connectivity index (χ4v) is 4.01. The van der Waals surface area contributed by atoms with Crippen LogP contribution >= 0.6 is 11.6 Å². The standard InChI is InChI=1S/C22H20ClN7O2/c23-16-7-13(6-14-8-25-29-18(14)16)20-19(12-4-2-1-3-5-12)27-21(24)22(28-20)26-17(32)11-30-9-15(31)10-30/h1-8,15,31H,9-11H2,(H2,24,27)(H,25,29)(H,26,28,32). The Morgan fingerprint density at radius 2 is 1.94 bits per heavy atom. The molecular weight excluding hydrogens is 430 g/mol. The number of aromatic nitrogens is 4. The van der Waals surface area contributed by atoms with E-state index < -0.39 is 0 Å². The molecule has 32 heavy (non-hydrogen) atoms. The van der Waals surface area contributed by atoms with E-state index in [1.165, 1.54) is 0 Å². The number of carbonyl (C=O) groups is 1. The van der Waals surface area contributed by atoms with Crippen molar-refractivity contribution >= 4 is 40.0 Å². The lowest BCUT2D eigenvalue weighted by Gasteiger charge is -2.34. The summed E-state index contributed by atoms with van der Waals surface area (Å²) in [4.78, 5) is 23.6. The second kappa shape index (κ2) is 8.19. The van der Waals surface area contributed by atoms with Gasteiger partial charge in [-0.15, -0.1) is 0 Å². The van der Waals surface area contributed by atoms with Gasteiger partial charge in [-0.05, 0) is 12.1 Å². The molecule has 2 aromatic heterocycles. The molecule has 0 unspecified atom stereocenters. The maximum absolute atomic E-state index is 12.5. The highest BCUT2D eigenvalue weighted by atomic mass is 35.5. The minimum atomic E-state index is -0.382. The third kappa shape index (κ3) is 3.89. The molecule has 1 fully saturated rings. The lowest BCUT2D eigenvalue weighted by Crippen LogP contribution is -2.53. The fourth-order valence-electron chi connectivity index (χ4n) is 3.74. The average Bonchev–Trinajstić information content (AvgIpc) is 3.24. The van der Waals surface area contributed by atoms with Crippen LogP contribution in [0.3, 0.4) is 0 Å². The van der Waals surface area contributed by atoms with Crippen molar-refractivity contribution in [1.82, 2.24) is 25.1 Å². The van der Waals surface area contributed by atoms with Gasteiger partial charge in [0.1, 0.15) is 0 Å². The van der Waals surface area contributed by atoms with Crippen LogP contribution in [0.25, 0.3) is 33.4 Å². The number of nitrogen functional groups attached to an aromatic ring is 1. The van der Waals surface area contributed by atoms with Gasteiger partial charge in [0.25, 0.3) is 0 Å². The summed E-state index contributed by atoms with van der Waals surface area (Å²) in [5.41, 5.74) is 9.56. The van der Waals surface area contributed by atoms with Crippen LogP contribution in [0.2, 0.25) is 5.02 Å². The number of β-amino-alcohol motifs (C(OH)–C–C–N with tert-alkyl or cyclic N) is 1. The van der Waals surface area contributed by atoms with Crippen LogP contribution in [0.1, 0.15) is 0 Å². The van der Waals surface area contributed by atoms with E-state index in [2.05, 4.69) is 25.5 Å². The molecule has 0 aliphatic carbocycles. The van der Waals surface area contributed by atoms with Crippen molar-refractivity contribution in [2.24, 2.45) is 0 Å². The number of nitrogens with two attached hydrogens (primary N) is 1. The Hall–Kier alpha value is -3.53. The molecule has 1 amide bonds. The molecule has 1 aliphatic rings. The number of likely N-dealkylation sites (tertiary alicyclic amines) is 1. The highest BCUT2D eigenvalue weighted by Crippen LogP contribution is 2.35. The number of aliphatic hydroxyl groups is 1. The highest BCUT2D eigenvalue weighted by Gasteiger charge is 2.26. The molecular formula is C22H20ClN7O2. The predicted octanol–water partition coefficient (Wildman–Crippen LogP) is 2.54. The second-order valence-electron chi connectivity index (χ2n) is 7.71. The zero-order valence-corrected chi connectivity index (χ0v) is 17.7. The first kappa shape index (κ1) is 20.4. The maximum atomic E-state index is 12.5. The molecule has 5 N–H and O–H groups in total. The van der Waals surface area contributed by atoms with Gasteiger partial charge in [-0.2, -0.15) is 5.10 Å². The third-order valence-electron chi connectivity index (χ3n) is 5.31. The number of nitrogens with one attached hydrogen (secondary N) is 2. The molecule has 1 aliphatic heterocycles. The number of hydrogen-bond donors (Lipinski definition) is 4. The first-order chi connectivity index (χ1) is 15.5. The molecule has 0 radical (unpaired) electrons. The van der Waals surface area contributed by atoms with Gasteiger partial charge in [0.2, 0.25) is 5.91 Å². The van der Waals surface area contributed by atoms with Gasteiger partial charge in [-0.1, -0.05) is 41.9 Å². The summed E-state index contributed by atoms with van der Waals surface area (Å²) >= 11 is 6.46. The van der Waals surface area contributed by atoms with Crippen LogP contribution in [0, 0.1) is 0 Å². The summed E-state index contributed by atoms with van der Waals surface area (Å²) in [5.74, 6) is 0.00822. The summed E-state index contributed by atoms with van der Waals surface area (Å²) in [7, 11) is 0. The van der Waals surface area contributed by atoms with Crippen molar-refractivity contribution in [2.75, 3.05) is 30.7 Å². The number of aromatic amines is 1. The molecule has 162 valence electrons. The molecule has 0 atom stereocenters. The number of fused-ring (bicyclic) bond motifs is 1. The van der Waals surface area contributed by atoms with Gasteiger partial charge in [0, 0.05) is 29.6 Å². The molecule has 3 heterocycles. The molecule has 1 saturated heterocycles. The molecule has 9 nitrogen and oxygen atoms in total. The Morgan fingerprint density at radius 1 is 1.19 bits per heavy atom. The topological polar surface area (TPSA) is 133 Å². The van der Waals surface area contributed by atoms with Crippen molar-refractivity contribution in [3.8, 4) is 22.5 Å². The molecule has 2 aromatic carbocycles. The van der Waals surface area contributed by atoms with E-state index in [0.717, 1.165) is 22.0 Å². The number of halogens is 1. The van der Waals surface area contributed by atoms with Crippen molar-refractivity contribution in [2.45, 2.75) is 6.10 Å². The quantitative estimate of drug-likeness (QED) is 0.368. The molecule has 0 saturated carbocycles. The Balaban J connectivity index is 1.57. The number of H-pyrrole nitrogens is 1. The average molecular weight is 450 g/mol. The lowest BCUT2D eigenvalue weighted by atomic mass is 10.0. The van der Waals surface area contributed by atoms with Crippen LogP contribution in [0.5, 0.6) is 0 Å². The number of anilines is 2. The zero-order valence-electron chi connectivity index (χ0n) is 16.9. The van der Waals surface area contributed by atoms with E-state index in [0.29, 0.717) is 29.5 Å². The second-order valence-corrected chi connectivity index (χ2v) is 8.12. The lowest BCUT2D eigenvalue weighted by molar-refractivity contribution is -0.119. The van der Waals surface area contributed by atoms with E-state index in [1.807, 2.05) is 41.3 Å². The predicted molar refractivity (Wildman–Crippen MR) is 123 cm³/mol. The number of hydrogen-bond acceptors (Lipinski definition) is 7. The molecule has 0 spiro atoms. The normalized spacial score (nSPS) is 14.4. The smallest absolute Gasteiger partial charge is 0.239 e. The number of rotatable bonds is 5. The summed E-state index contributed by atoms with van der Waals surface area (Å²) in [6.45, 7) is 1.08. The number of nitrogens with zero attached hydrogens (tertiary/aromatic N) is 4. The highest BCUT2D eigenvalue weighted by molar-refractivity contribution is 6.35. The molecule has 0 bridgehead atoms. The Kier molecular flexibility index (Phi) is 5.22. The minimum Gasteiger partial charge on any atom is -0.390 e. The minimum absolute atomic E-state index is 0.111. The fraction of sp³-hybridized carbons (Fsp3) is 0.182. The van der Waals surface area contributed by atoms with Crippen molar-refractivity contribution in [3.63, 3.8) is 0 Å². The van der Waals surface area contributed by atoms with E-state index in [4.69, 9.17) is 17.3 Å². The summed E-state index contributed by atoms with van der Waals surface area (Å²) in [6.07, 6.45) is 1.30. The largest absolute Gasteiger partial charge is 0.390 e. The van der Waals surface area contributed by atoms with Gasteiger partial charge in [-0.3, -0.25) is 14.8 Å². The van der Waals surface area contributed by atoms with E-state index in [-0.39, 0.29) is 30.2 Å². The van der Waals surface area contributed by atoms with E-state index >= 15 is 0 Å².